The van der Waals surface area contributed by atoms with Gasteiger partial charge in [0.25, 0.3) is 0 Å². The van der Waals surface area contributed by atoms with Gasteiger partial charge >= 0.3 is 5.97 Å². The van der Waals surface area contributed by atoms with Crippen LogP contribution in [-0.4, -0.2) is 26.1 Å². The Morgan fingerprint density at radius 3 is 2.75 bits per heavy atom. The first-order valence-corrected chi connectivity index (χ1v) is 5.90. The molecule has 0 atom stereocenters. The maximum absolute atomic E-state index is 11.1. The Hall–Kier alpha value is -1.39. The van der Waals surface area contributed by atoms with Crippen LogP contribution in [0.3, 0.4) is 0 Å². The van der Waals surface area contributed by atoms with Gasteiger partial charge in [0.05, 0.1) is 5.69 Å². The van der Waals surface area contributed by atoms with E-state index in [1.165, 1.54) is 12.8 Å². The number of hydrogen-bond acceptors (Lipinski definition) is 3. The number of hydrogen-bond donors (Lipinski definition) is 1. The van der Waals surface area contributed by atoms with Crippen LogP contribution in [0.1, 0.15) is 61.1 Å². The van der Waals surface area contributed by atoms with Crippen molar-refractivity contribution in [2.24, 2.45) is 0 Å². The summed E-state index contributed by atoms with van der Waals surface area (Å²) in [6.45, 7) is 2.81. The van der Waals surface area contributed by atoms with Crippen molar-refractivity contribution in [2.45, 2.75) is 51.5 Å². The Morgan fingerprint density at radius 1 is 1.50 bits per heavy atom. The van der Waals surface area contributed by atoms with Crippen molar-refractivity contribution in [3.8, 4) is 0 Å². The molecule has 0 amide bonds. The van der Waals surface area contributed by atoms with Gasteiger partial charge in [-0.3, -0.25) is 0 Å². The van der Waals surface area contributed by atoms with Gasteiger partial charge in [-0.05, 0) is 19.3 Å². The first kappa shape index (κ1) is 11.1. The zero-order chi connectivity index (χ0) is 11.5. The second kappa shape index (κ2) is 4.63. The molecule has 0 spiro atoms. The molecule has 1 aromatic rings. The summed E-state index contributed by atoms with van der Waals surface area (Å²) in [5.41, 5.74) is 0.993. The van der Waals surface area contributed by atoms with E-state index in [-0.39, 0.29) is 5.69 Å². The topological polar surface area (TPSA) is 68.0 Å². The molecule has 88 valence electrons. The van der Waals surface area contributed by atoms with Crippen molar-refractivity contribution in [1.29, 1.82) is 0 Å². The highest BCUT2D eigenvalue weighted by Gasteiger charge is 2.28. The number of nitrogens with zero attached hydrogens (tertiary/aromatic N) is 3. The minimum Gasteiger partial charge on any atom is -0.476 e. The lowest BCUT2D eigenvalue weighted by atomic mass is 10.0. The average Bonchev–Trinajstić information content (AvgIpc) is 2.84. The largest absolute Gasteiger partial charge is 0.476 e. The van der Waals surface area contributed by atoms with Gasteiger partial charge in [0.2, 0.25) is 0 Å². The standard InChI is InChI=1S/C11H17N3O2/c1-2-7-14-10(8-5-3-4-6-8)9(11(15)16)12-13-14/h8H,2-7H2,1H3,(H,15,16). The van der Waals surface area contributed by atoms with Crippen LogP contribution in [0.2, 0.25) is 0 Å². The van der Waals surface area contributed by atoms with Gasteiger partial charge in [-0.25, -0.2) is 9.48 Å². The van der Waals surface area contributed by atoms with Crippen molar-refractivity contribution < 1.29 is 9.90 Å². The second-order valence-corrected chi connectivity index (χ2v) is 4.33. The highest BCUT2D eigenvalue weighted by Crippen LogP contribution is 2.35. The molecule has 0 saturated heterocycles. The summed E-state index contributed by atoms with van der Waals surface area (Å²) in [4.78, 5) is 11.1. The maximum Gasteiger partial charge on any atom is 0.358 e. The van der Waals surface area contributed by atoms with Gasteiger partial charge in [0, 0.05) is 12.5 Å². The molecular formula is C11H17N3O2. The third-order valence-corrected chi connectivity index (χ3v) is 3.15. The molecule has 5 nitrogen and oxygen atoms in total. The molecule has 1 aliphatic rings. The summed E-state index contributed by atoms with van der Waals surface area (Å²) in [7, 11) is 0. The van der Waals surface area contributed by atoms with Crippen LogP contribution >= 0.6 is 0 Å². The number of carbonyl (C=O) groups is 1. The van der Waals surface area contributed by atoms with Gasteiger partial charge in [0.15, 0.2) is 5.69 Å². The lowest BCUT2D eigenvalue weighted by molar-refractivity contribution is 0.0688. The normalized spacial score (nSPS) is 16.8. The summed E-state index contributed by atoms with van der Waals surface area (Å²) < 4.78 is 1.78. The van der Waals surface area contributed by atoms with Crippen LogP contribution in [0.25, 0.3) is 0 Å². The molecule has 0 aliphatic heterocycles. The van der Waals surface area contributed by atoms with E-state index in [1.54, 1.807) is 4.68 Å². The van der Waals surface area contributed by atoms with E-state index in [2.05, 4.69) is 17.2 Å². The molecular weight excluding hydrogens is 206 g/mol. The van der Waals surface area contributed by atoms with Crippen molar-refractivity contribution in [3.05, 3.63) is 11.4 Å². The molecule has 0 unspecified atom stereocenters. The SMILES string of the molecule is CCCn1nnc(C(=O)O)c1C1CCCC1. The van der Waals surface area contributed by atoms with E-state index >= 15 is 0 Å². The number of aromatic nitrogens is 3. The maximum atomic E-state index is 11.1. The van der Waals surface area contributed by atoms with Gasteiger partial charge in [-0.2, -0.15) is 0 Å². The van der Waals surface area contributed by atoms with Crippen LogP contribution in [0.5, 0.6) is 0 Å². The highest BCUT2D eigenvalue weighted by molar-refractivity contribution is 5.86. The van der Waals surface area contributed by atoms with Gasteiger partial charge < -0.3 is 5.11 Å². The number of aromatic carboxylic acids is 1. The monoisotopic (exact) mass is 223 g/mol. The van der Waals surface area contributed by atoms with Crippen LogP contribution in [0, 0.1) is 0 Å². The fourth-order valence-electron chi connectivity index (χ4n) is 2.45. The van der Waals surface area contributed by atoms with E-state index < -0.39 is 5.97 Å². The molecule has 2 rings (SSSR count). The first-order chi connectivity index (χ1) is 7.74. The predicted molar refractivity (Wildman–Crippen MR) is 58.5 cm³/mol. The zero-order valence-corrected chi connectivity index (χ0v) is 9.52. The lowest BCUT2D eigenvalue weighted by Crippen LogP contribution is -2.11. The van der Waals surface area contributed by atoms with Gasteiger partial charge in [0.1, 0.15) is 0 Å². The molecule has 0 bridgehead atoms. The van der Waals surface area contributed by atoms with E-state index in [0.717, 1.165) is 31.5 Å². The van der Waals surface area contributed by atoms with Crippen molar-refractivity contribution in [1.82, 2.24) is 15.0 Å². The van der Waals surface area contributed by atoms with E-state index in [0.29, 0.717) is 5.92 Å². The molecule has 16 heavy (non-hydrogen) atoms. The summed E-state index contributed by atoms with van der Waals surface area (Å²) in [5.74, 6) is -0.614. The van der Waals surface area contributed by atoms with Crippen molar-refractivity contribution in [3.63, 3.8) is 0 Å². The predicted octanol–water partition coefficient (Wildman–Crippen LogP) is 2.04. The number of rotatable bonds is 4. The van der Waals surface area contributed by atoms with E-state index in [1.807, 2.05) is 0 Å². The van der Waals surface area contributed by atoms with Crippen LogP contribution in [-0.2, 0) is 6.54 Å². The van der Waals surface area contributed by atoms with Gasteiger partial charge in [-0.1, -0.05) is 25.0 Å². The number of aryl methyl sites for hydroxylation is 1. The molecule has 1 heterocycles. The Kier molecular flexibility index (Phi) is 3.22. The summed E-state index contributed by atoms with van der Waals surface area (Å²) >= 11 is 0. The van der Waals surface area contributed by atoms with Crippen LogP contribution in [0.15, 0.2) is 0 Å². The summed E-state index contributed by atoms with van der Waals surface area (Å²) in [6, 6.07) is 0. The summed E-state index contributed by atoms with van der Waals surface area (Å²) in [5, 5.41) is 16.8. The minimum absolute atomic E-state index is 0.153. The minimum atomic E-state index is -0.954. The van der Waals surface area contributed by atoms with Crippen LogP contribution < -0.4 is 0 Å². The summed E-state index contributed by atoms with van der Waals surface area (Å²) in [6.07, 6.45) is 5.44. The Balaban J connectivity index is 2.35. The fourth-order valence-corrected chi connectivity index (χ4v) is 2.45. The molecule has 1 aliphatic carbocycles. The Morgan fingerprint density at radius 2 is 2.19 bits per heavy atom. The number of carboxylic acid groups (broad SMARTS) is 1. The molecule has 1 aromatic heterocycles. The van der Waals surface area contributed by atoms with Crippen molar-refractivity contribution in [2.75, 3.05) is 0 Å². The van der Waals surface area contributed by atoms with Gasteiger partial charge in [-0.15, -0.1) is 5.10 Å². The molecule has 1 N–H and O–H groups in total. The smallest absolute Gasteiger partial charge is 0.358 e. The Bertz CT molecular complexity index is 381. The zero-order valence-electron chi connectivity index (χ0n) is 9.52. The highest BCUT2D eigenvalue weighted by atomic mass is 16.4. The van der Waals surface area contributed by atoms with E-state index in [9.17, 15) is 4.79 Å². The molecule has 5 heteroatoms. The molecule has 0 aromatic carbocycles. The fraction of sp³-hybridized carbons (Fsp3) is 0.727. The first-order valence-electron chi connectivity index (χ1n) is 5.90. The molecule has 1 fully saturated rings. The number of carboxylic acids is 1. The van der Waals surface area contributed by atoms with Crippen molar-refractivity contribution >= 4 is 5.97 Å². The Labute approximate surface area is 94.5 Å². The second-order valence-electron chi connectivity index (χ2n) is 4.33. The van der Waals surface area contributed by atoms with E-state index in [4.69, 9.17) is 5.11 Å². The molecule has 0 radical (unpaired) electrons. The van der Waals surface area contributed by atoms with Crippen LogP contribution in [0.4, 0.5) is 0 Å². The quantitative estimate of drug-likeness (QED) is 0.848. The lowest BCUT2D eigenvalue weighted by Gasteiger charge is -2.11. The third-order valence-electron chi connectivity index (χ3n) is 3.15. The third kappa shape index (κ3) is 1.94. The molecule has 1 saturated carbocycles. The average molecular weight is 223 g/mol.